The van der Waals surface area contributed by atoms with E-state index in [2.05, 4.69) is 17.6 Å². The summed E-state index contributed by atoms with van der Waals surface area (Å²) in [6, 6.07) is -2.28. The lowest BCUT2D eigenvalue weighted by Crippen LogP contribution is -2.59. The number of carbonyl (C=O) groups excluding carboxylic acids is 3. The standard InChI is InChI=1S/C16H33N5O4/c1-3-4-5-6-7-11(8-17)15(24)21-13(10(2)22)16(25)20-12(9-18)14(19)23/h10-13,22H,3-9,17-18H2,1-2H3,(H2,19,23)(H,20,25)(H,21,24)/t10?,11?,12-,13+/m1/s1. The van der Waals surface area contributed by atoms with E-state index in [4.69, 9.17) is 17.2 Å². The van der Waals surface area contributed by atoms with Crippen LogP contribution < -0.4 is 27.8 Å². The Morgan fingerprint density at radius 3 is 2.08 bits per heavy atom. The average molecular weight is 359 g/mol. The zero-order valence-corrected chi connectivity index (χ0v) is 15.2. The van der Waals surface area contributed by atoms with Gasteiger partial charge >= 0.3 is 0 Å². The molecule has 0 aromatic heterocycles. The highest BCUT2D eigenvalue weighted by Crippen LogP contribution is 2.11. The number of hydrogen-bond acceptors (Lipinski definition) is 6. The Balaban J connectivity index is 4.78. The third kappa shape index (κ3) is 8.80. The van der Waals surface area contributed by atoms with Crippen molar-refractivity contribution >= 4 is 17.7 Å². The lowest BCUT2D eigenvalue weighted by atomic mass is 9.99. The fourth-order valence-corrected chi connectivity index (χ4v) is 2.36. The molecule has 0 aliphatic carbocycles. The van der Waals surface area contributed by atoms with E-state index in [1.165, 1.54) is 6.92 Å². The van der Waals surface area contributed by atoms with Crippen LogP contribution >= 0.6 is 0 Å². The summed E-state index contributed by atoms with van der Waals surface area (Å²) < 4.78 is 0. The molecule has 9 nitrogen and oxygen atoms in total. The molecule has 0 spiro atoms. The average Bonchev–Trinajstić information content (AvgIpc) is 2.56. The minimum atomic E-state index is -1.22. The third-order valence-corrected chi connectivity index (χ3v) is 4.02. The maximum absolute atomic E-state index is 12.3. The minimum absolute atomic E-state index is 0.152. The summed E-state index contributed by atoms with van der Waals surface area (Å²) in [5.41, 5.74) is 16.1. The largest absolute Gasteiger partial charge is 0.391 e. The molecule has 9 heteroatoms. The number of carbonyl (C=O) groups is 3. The van der Waals surface area contributed by atoms with E-state index in [9.17, 15) is 19.5 Å². The Bertz CT molecular complexity index is 431. The van der Waals surface area contributed by atoms with E-state index in [1.54, 1.807) is 0 Å². The molecule has 0 radical (unpaired) electrons. The van der Waals surface area contributed by atoms with Gasteiger partial charge in [-0.3, -0.25) is 14.4 Å². The zero-order chi connectivity index (χ0) is 19.4. The van der Waals surface area contributed by atoms with Crippen molar-refractivity contribution in [2.24, 2.45) is 23.1 Å². The van der Waals surface area contributed by atoms with Crippen molar-refractivity contribution in [2.45, 2.75) is 64.1 Å². The molecule has 4 atom stereocenters. The molecule has 0 saturated heterocycles. The van der Waals surface area contributed by atoms with Crippen molar-refractivity contribution < 1.29 is 19.5 Å². The van der Waals surface area contributed by atoms with Gasteiger partial charge < -0.3 is 32.9 Å². The highest BCUT2D eigenvalue weighted by molar-refractivity contribution is 5.92. The van der Waals surface area contributed by atoms with E-state index < -0.39 is 41.8 Å². The Labute approximate surface area is 149 Å². The van der Waals surface area contributed by atoms with Gasteiger partial charge in [0.2, 0.25) is 17.7 Å². The molecule has 0 aromatic rings. The second-order valence-electron chi connectivity index (χ2n) is 6.21. The molecular formula is C16H33N5O4. The summed E-state index contributed by atoms with van der Waals surface area (Å²) >= 11 is 0. The molecule has 2 unspecified atom stereocenters. The first kappa shape index (κ1) is 23.3. The van der Waals surface area contributed by atoms with Gasteiger partial charge in [0.1, 0.15) is 12.1 Å². The lowest BCUT2D eigenvalue weighted by molar-refractivity contribution is -0.135. The van der Waals surface area contributed by atoms with Crippen LogP contribution in [0.4, 0.5) is 0 Å². The van der Waals surface area contributed by atoms with Crippen LogP contribution in [0, 0.1) is 5.92 Å². The third-order valence-electron chi connectivity index (χ3n) is 4.02. The Morgan fingerprint density at radius 2 is 1.64 bits per heavy atom. The number of amides is 3. The SMILES string of the molecule is CCCCCCC(CN)C(=O)N[C@H](C(=O)N[C@H](CN)C(N)=O)C(C)O. The van der Waals surface area contributed by atoms with E-state index >= 15 is 0 Å². The molecule has 0 aromatic carbocycles. The molecule has 0 rings (SSSR count). The van der Waals surface area contributed by atoms with Gasteiger partial charge in [0.05, 0.1) is 12.0 Å². The van der Waals surface area contributed by atoms with Crippen molar-refractivity contribution in [1.29, 1.82) is 0 Å². The highest BCUT2D eigenvalue weighted by Gasteiger charge is 2.30. The van der Waals surface area contributed by atoms with Crippen LogP contribution in [-0.4, -0.2) is 54.1 Å². The lowest BCUT2D eigenvalue weighted by Gasteiger charge is -2.25. The normalized spacial score (nSPS) is 15.7. The predicted octanol–water partition coefficient (Wildman–Crippen LogP) is -1.67. The van der Waals surface area contributed by atoms with Gasteiger partial charge in [-0.2, -0.15) is 0 Å². The quantitative estimate of drug-likeness (QED) is 0.214. The molecule has 0 heterocycles. The van der Waals surface area contributed by atoms with Crippen LogP contribution in [0.1, 0.15) is 46.0 Å². The summed E-state index contributed by atoms with van der Waals surface area (Å²) in [4.78, 5) is 35.7. The van der Waals surface area contributed by atoms with E-state index in [0.29, 0.717) is 6.42 Å². The van der Waals surface area contributed by atoms with Crippen LogP contribution in [0.2, 0.25) is 0 Å². The summed E-state index contributed by atoms with van der Waals surface area (Å²) in [5.74, 6) is -2.35. The van der Waals surface area contributed by atoms with Gasteiger partial charge in [0.25, 0.3) is 0 Å². The minimum Gasteiger partial charge on any atom is -0.391 e. The molecule has 0 bridgehead atoms. The van der Waals surface area contributed by atoms with Gasteiger partial charge in [-0.25, -0.2) is 0 Å². The Kier molecular flexibility index (Phi) is 11.8. The fourth-order valence-electron chi connectivity index (χ4n) is 2.36. The van der Waals surface area contributed by atoms with Crippen molar-refractivity contribution in [1.82, 2.24) is 10.6 Å². The molecule has 25 heavy (non-hydrogen) atoms. The topological polar surface area (TPSA) is 174 Å². The van der Waals surface area contributed by atoms with Gasteiger partial charge in [-0.05, 0) is 13.3 Å². The number of hydrogen-bond donors (Lipinski definition) is 6. The summed E-state index contributed by atoms with van der Waals surface area (Å²) in [6.07, 6.45) is 3.51. The smallest absolute Gasteiger partial charge is 0.245 e. The first-order chi connectivity index (χ1) is 11.8. The zero-order valence-electron chi connectivity index (χ0n) is 15.2. The fraction of sp³-hybridized carbons (Fsp3) is 0.812. The second kappa shape index (κ2) is 12.6. The maximum Gasteiger partial charge on any atom is 0.245 e. The monoisotopic (exact) mass is 359 g/mol. The number of primary amides is 1. The number of aliphatic hydroxyl groups excluding tert-OH is 1. The van der Waals surface area contributed by atoms with Gasteiger partial charge in [-0.1, -0.05) is 32.6 Å². The molecule has 146 valence electrons. The van der Waals surface area contributed by atoms with Crippen LogP contribution in [0.15, 0.2) is 0 Å². The number of nitrogens with two attached hydrogens (primary N) is 3. The molecule has 9 N–H and O–H groups in total. The van der Waals surface area contributed by atoms with Crippen molar-refractivity contribution in [2.75, 3.05) is 13.1 Å². The van der Waals surface area contributed by atoms with Gasteiger partial charge in [0.15, 0.2) is 0 Å². The van der Waals surface area contributed by atoms with Gasteiger partial charge in [-0.15, -0.1) is 0 Å². The summed E-state index contributed by atoms with van der Waals surface area (Å²) in [5, 5.41) is 14.6. The second-order valence-corrected chi connectivity index (χ2v) is 6.21. The van der Waals surface area contributed by atoms with Crippen LogP contribution in [0.3, 0.4) is 0 Å². The van der Waals surface area contributed by atoms with Crippen molar-refractivity contribution in [3.05, 3.63) is 0 Å². The highest BCUT2D eigenvalue weighted by atomic mass is 16.3. The maximum atomic E-state index is 12.3. The Hall–Kier alpha value is -1.71. The number of aliphatic hydroxyl groups is 1. The first-order valence-electron chi connectivity index (χ1n) is 8.76. The molecule has 0 fully saturated rings. The molecular weight excluding hydrogens is 326 g/mol. The predicted molar refractivity (Wildman–Crippen MR) is 95.1 cm³/mol. The number of unbranched alkanes of at least 4 members (excludes halogenated alkanes) is 3. The Morgan fingerprint density at radius 1 is 1.00 bits per heavy atom. The van der Waals surface area contributed by atoms with Crippen LogP contribution in [0.5, 0.6) is 0 Å². The van der Waals surface area contributed by atoms with Crippen LogP contribution in [0.25, 0.3) is 0 Å². The molecule has 0 saturated carbocycles. The van der Waals surface area contributed by atoms with E-state index in [0.717, 1.165) is 25.7 Å². The molecule has 0 aliphatic rings. The van der Waals surface area contributed by atoms with Crippen molar-refractivity contribution in [3.8, 4) is 0 Å². The summed E-state index contributed by atoms with van der Waals surface area (Å²) in [6.45, 7) is 3.44. The number of nitrogens with one attached hydrogen (secondary N) is 2. The molecule has 3 amide bonds. The van der Waals surface area contributed by atoms with Crippen molar-refractivity contribution in [3.63, 3.8) is 0 Å². The first-order valence-corrected chi connectivity index (χ1v) is 8.76. The number of rotatable bonds is 13. The summed E-state index contributed by atoms with van der Waals surface area (Å²) in [7, 11) is 0. The van der Waals surface area contributed by atoms with Gasteiger partial charge in [0, 0.05) is 13.1 Å². The molecule has 0 aliphatic heterocycles. The van der Waals surface area contributed by atoms with E-state index in [-0.39, 0.29) is 13.1 Å². The van der Waals surface area contributed by atoms with Crippen LogP contribution in [-0.2, 0) is 14.4 Å². The van der Waals surface area contributed by atoms with E-state index in [1.807, 2.05) is 0 Å².